The van der Waals surface area contributed by atoms with Crippen molar-refractivity contribution < 1.29 is 9.53 Å². The van der Waals surface area contributed by atoms with E-state index in [0.29, 0.717) is 23.9 Å². The molecule has 1 fully saturated rings. The number of urea groups is 1. The summed E-state index contributed by atoms with van der Waals surface area (Å²) >= 11 is 5.88. The second kappa shape index (κ2) is 5.59. The van der Waals surface area contributed by atoms with Gasteiger partial charge in [0, 0.05) is 17.3 Å². The van der Waals surface area contributed by atoms with Gasteiger partial charge in [-0.15, -0.1) is 0 Å². The van der Waals surface area contributed by atoms with Crippen LogP contribution in [0.2, 0.25) is 5.02 Å². The number of halogens is 1. The van der Waals surface area contributed by atoms with Gasteiger partial charge in [-0.25, -0.2) is 4.79 Å². The highest BCUT2D eigenvalue weighted by atomic mass is 35.5. The summed E-state index contributed by atoms with van der Waals surface area (Å²) in [5.41, 5.74) is 0.707. The van der Waals surface area contributed by atoms with Crippen molar-refractivity contribution in [1.82, 2.24) is 4.90 Å². The summed E-state index contributed by atoms with van der Waals surface area (Å²) in [6.07, 6.45) is 0.0591. The fraction of sp³-hybridized carbons (Fsp3) is 0.462. The van der Waals surface area contributed by atoms with E-state index in [0.717, 1.165) is 0 Å². The van der Waals surface area contributed by atoms with Crippen LogP contribution in [0.4, 0.5) is 10.5 Å². The quantitative estimate of drug-likeness (QED) is 0.851. The minimum atomic E-state index is -0.111. The third-order valence-electron chi connectivity index (χ3n) is 3.22. The smallest absolute Gasteiger partial charge is 0.322 e. The van der Waals surface area contributed by atoms with Crippen molar-refractivity contribution in [2.45, 2.75) is 26.0 Å². The van der Waals surface area contributed by atoms with Crippen molar-refractivity contribution in [3.05, 3.63) is 29.3 Å². The van der Waals surface area contributed by atoms with Gasteiger partial charge in [0.25, 0.3) is 0 Å². The Balaban J connectivity index is 2.03. The Hall–Kier alpha value is -1.26. The van der Waals surface area contributed by atoms with Gasteiger partial charge in [0.1, 0.15) is 0 Å². The predicted molar refractivity (Wildman–Crippen MR) is 72.1 cm³/mol. The highest BCUT2D eigenvalue weighted by molar-refractivity contribution is 6.30. The van der Waals surface area contributed by atoms with Crippen molar-refractivity contribution in [3.63, 3.8) is 0 Å². The summed E-state index contributed by atoms with van der Waals surface area (Å²) in [5, 5.41) is 3.46. The van der Waals surface area contributed by atoms with E-state index in [4.69, 9.17) is 16.3 Å². The van der Waals surface area contributed by atoms with E-state index >= 15 is 0 Å². The Morgan fingerprint density at radius 2 is 2.28 bits per heavy atom. The lowest BCUT2D eigenvalue weighted by atomic mass is 10.1. The van der Waals surface area contributed by atoms with E-state index in [9.17, 15) is 4.79 Å². The van der Waals surface area contributed by atoms with Crippen LogP contribution in [-0.2, 0) is 4.74 Å². The number of carbonyl (C=O) groups excluding carboxylic acids is 1. The number of anilines is 1. The molecule has 0 spiro atoms. The zero-order chi connectivity index (χ0) is 13.1. The standard InChI is InChI=1S/C13H17ClN2O2/c1-9-10(2)18-7-6-16(9)13(17)15-12-5-3-4-11(14)8-12/h3-5,8-10H,6-7H2,1-2H3,(H,15,17). The number of rotatable bonds is 1. The van der Waals surface area contributed by atoms with Crippen molar-refractivity contribution in [3.8, 4) is 0 Å². The third-order valence-corrected chi connectivity index (χ3v) is 3.46. The molecule has 0 saturated carbocycles. The van der Waals surface area contributed by atoms with Crippen molar-refractivity contribution in [2.75, 3.05) is 18.5 Å². The van der Waals surface area contributed by atoms with Gasteiger partial charge in [-0.3, -0.25) is 0 Å². The first kappa shape index (κ1) is 13.2. The maximum Gasteiger partial charge on any atom is 0.322 e. The molecule has 0 aromatic heterocycles. The van der Waals surface area contributed by atoms with E-state index in [1.165, 1.54) is 0 Å². The van der Waals surface area contributed by atoms with Crippen LogP contribution < -0.4 is 5.32 Å². The minimum Gasteiger partial charge on any atom is -0.375 e. The van der Waals surface area contributed by atoms with E-state index in [2.05, 4.69) is 5.32 Å². The Morgan fingerprint density at radius 3 is 3.00 bits per heavy atom. The number of nitrogens with zero attached hydrogens (tertiary/aromatic N) is 1. The fourth-order valence-corrected chi connectivity index (χ4v) is 2.17. The third kappa shape index (κ3) is 2.94. The molecule has 0 bridgehead atoms. The molecule has 2 amide bonds. The van der Waals surface area contributed by atoms with Crippen LogP contribution in [0.1, 0.15) is 13.8 Å². The highest BCUT2D eigenvalue weighted by Crippen LogP contribution is 2.18. The Labute approximate surface area is 112 Å². The molecule has 1 aromatic rings. The maximum atomic E-state index is 12.2. The second-order valence-corrected chi connectivity index (χ2v) is 4.89. The zero-order valence-corrected chi connectivity index (χ0v) is 11.3. The van der Waals surface area contributed by atoms with Gasteiger partial charge in [-0.1, -0.05) is 17.7 Å². The lowest BCUT2D eigenvalue weighted by Gasteiger charge is -2.37. The number of hydrogen-bond acceptors (Lipinski definition) is 2. The molecule has 2 unspecified atom stereocenters. The van der Waals surface area contributed by atoms with Crippen LogP contribution in [0, 0.1) is 0 Å². The summed E-state index contributed by atoms with van der Waals surface area (Å²) < 4.78 is 5.50. The van der Waals surface area contributed by atoms with Crippen LogP contribution >= 0.6 is 11.6 Å². The summed E-state index contributed by atoms with van der Waals surface area (Å²) in [6.45, 7) is 5.15. The first-order valence-corrected chi connectivity index (χ1v) is 6.40. The van der Waals surface area contributed by atoms with Gasteiger partial charge in [-0.2, -0.15) is 0 Å². The molecule has 1 N–H and O–H groups in total. The molecule has 5 heteroatoms. The summed E-state index contributed by atoms with van der Waals surface area (Å²) in [6, 6.07) is 7.09. The number of benzene rings is 1. The SMILES string of the molecule is CC1OCCN(C(=O)Nc2cccc(Cl)c2)C1C. The number of carbonyl (C=O) groups is 1. The molecule has 98 valence electrons. The van der Waals surface area contributed by atoms with Crippen LogP contribution in [0.25, 0.3) is 0 Å². The van der Waals surface area contributed by atoms with Gasteiger partial charge in [0.2, 0.25) is 0 Å². The molecule has 2 atom stereocenters. The number of nitrogens with one attached hydrogen (secondary N) is 1. The Bertz CT molecular complexity index is 439. The first-order chi connectivity index (χ1) is 8.58. The molecule has 4 nitrogen and oxygen atoms in total. The van der Waals surface area contributed by atoms with Crippen LogP contribution in [0.3, 0.4) is 0 Å². The first-order valence-electron chi connectivity index (χ1n) is 6.02. The highest BCUT2D eigenvalue weighted by Gasteiger charge is 2.29. The van der Waals surface area contributed by atoms with Crippen molar-refractivity contribution in [2.24, 2.45) is 0 Å². The maximum absolute atomic E-state index is 12.2. The summed E-state index contributed by atoms with van der Waals surface area (Å²) in [4.78, 5) is 13.9. The van der Waals surface area contributed by atoms with E-state index in [1.54, 1.807) is 17.0 Å². The summed E-state index contributed by atoms with van der Waals surface area (Å²) in [5.74, 6) is 0. The predicted octanol–water partition coefficient (Wildman–Crippen LogP) is 2.98. The van der Waals surface area contributed by atoms with Gasteiger partial charge >= 0.3 is 6.03 Å². The fourth-order valence-electron chi connectivity index (χ4n) is 1.98. The van der Waals surface area contributed by atoms with Crippen molar-refractivity contribution in [1.29, 1.82) is 0 Å². The molecule has 2 rings (SSSR count). The molecular formula is C13H17ClN2O2. The molecule has 1 aliphatic rings. The van der Waals surface area contributed by atoms with Crippen molar-refractivity contribution >= 4 is 23.3 Å². The van der Waals surface area contributed by atoms with Gasteiger partial charge in [0.05, 0.1) is 18.8 Å². The lowest BCUT2D eigenvalue weighted by Crippen LogP contribution is -2.52. The Morgan fingerprint density at radius 1 is 1.50 bits per heavy atom. The second-order valence-electron chi connectivity index (χ2n) is 4.45. The lowest BCUT2D eigenvalue weighted by molar-refractivity contribution is -0.0355. The molecule has 1 aromatic carbocycles. The van der Waals surface area contributed by atoms with E-state index in [-0.39, 0.29) is 18.2 Å². The van der Waals surface area contributed by atoms with E-state index < -0.39 is 0 Å². The van der Waals surface area contributed by atoms with Crippen LogP contribution in [0.15, 0.2) is 24.3 Å². The molecular weight excluding hydrogens is 252 g/mol. The summed E-state index contributed by atoms with van der Waals surface area (Å²) in [7, 11) is 0. The van der Waals surface area contributed by atoms with Gasteiger partial charge < -0.3 is 15.0 Å². The average molecular weight is 269 g/mol. The number of morpholine rings is 1. The molecule has 0 radical (unpaired) electrons. The van der Waals surface area contributed by atoms with E-state index in [1.807, 2.05) is 26.0 Å². The average Bonchev–Trinajstić information content (AvgIpc) is 2.32. The van der Waals surface area contributed by atoms with Gasteiger partial charge in [0.15, 0.2) is 0 Å². The molecule has 1 heterocycles. The molecule has 1 saturated heterocycles. The normalized spacial score (nSPS) is 23.8. The Kier molecular flexibility index (Phi) is 4.09. The number of hydrogen-bond donors (Lipinski definition) is 1. The molecule has 1 aliphatic heterocycles. The number of ether oxygens (including phenoxy) is 1. The van der Waals surface area contributed by atoms with Crippen LogP contribution in [-0.4, -0.2) is 36.2 Å². The topological polar surface area (TPSA) is 41.6 Å². The van der Waals surface area contributed by atoms with Gasteiger partial charge in [-0.05, 0) is 32.0 Å². The zero-order valence-electron chi connectivity index (χ0n) is 10.5. The largest absolute Gasteiger partial charge is 0.375 e. The number of amides is 2. The monoisotopic (exact) mass is 268 g/mol. The molecule has 0 aliphatic carbocycles. The van der Waals surface area contributed by atoms with Crippen LogP contribution in [0.5, 0.6) is 0 Å². The molecule has 18 heavy (non-hydrogen) atoms. The minimum absolute atomic E-state index is 0.0591.